The summed E-state index contributed by atoms with van der Waals surface area (Å²) in [5.74, 6) is -0.00510. The van der Waals surface area contributed by atoms with E-state index in [2.05, 4.69) is 0 Å². The number of halogens is 2. The van der Waals surface area contributed by atoms with E-state index in [9.17, 15) is 4.39 Å². The van der Waals surface area contributed by atoms with E-state index in [1.165, 1.54) is 18.9 Å². The van der Waals surface area contributed by atoms with Crippen LogP contribution in [0.2, 0.25) is 5.02 Å². The molecule has 4 heteroatoms. The Morgan fingerprint density at radius 3 is 2.80 bits per heavy atom. The third-order valence-corrected chi connectivity index (χ3v) is 5.11. The lowest BCUT2D eigenvalue weighted by Gasteiger charge is -2.40. The van der Waals surface area contributed by atoms with Gasteiger partial charge in [-0.25, -0.2) is 4.39 Å². The molecular formula is C16H21ClFNO. The first-order valence-electron chi connectivity index (χ1n) is 7.44. The second kappa shape index (κ2) is 5.63. The van der Waals surface area contributed by atoms with Crippen LogP contribution in [0.3, 0.4) is 0 Å². The summed E-state index contributed by atoms with van der Waals surface area (Å²) >= 11 is 5.81. The van der Waals surface area contributed by atoms with E-state index in [4.69, 9.17) is 22.1 Å². The molecule has 3 rings (SSSR count). The first-order chi connectivity index (χ1) is 9.60. The molecule has 20 heavy (non-hydrogen) atoms. The summed E-state index contributed by atoms with van der Waals surface area (Å²) in [6.07, 6.45) is 6.58. The van der Waals surface area contributed by atoms with Gasteiger partial charge in [-0.05, 0) is 43.7 Å². The molecule has 1 aliphatic carbocycles. The lowest BCUT2D eigenvalue weighted by molar-refractivity contribution is -0.0965. The molecule has 2 aliphatic rings. The maximum absolute atomic E-state index is 14.0. The van der Waals surface area contributed by atoms with Gasteiger partial charge in [0.15, 0.2) is 0 Å². The molecule has 0 radical (unpaired) electrons. The molecule has 1 saturated heterocycles. The predicted molar refractivity (Wildman–Crippen MR) is 78.2 cm³/mol. The Morgan fingerprint density at radius 1 is 1.35 bits per heavy atom. The van der Waals surface area contributed by atoms with Crippen molar-refractivity contribution in [3.05, 3.63) is 34.6 Å². The fraction of sp³-hybridized carbons (Fsp3) is 0.625. The van der Waals surface area contributed by atoms with Gasteiger partial charge in [0.05, 0.1) is 5.60 Å². The zero-order chi connectivity index (χ0) is 14.2. The van der Waals surface area contributed by atoms with Crippen LogP contribution >= 0.6 is 11.6 Å². The molecule has 1 spiro atoms. The van der Waals surface area contributed by atoms with Gasteiger partial charge in [0.2, 0.25) is 0 Å². The summed E-state index contributed by atoms with van der Waals surface area (Å²) in [4.78, 5) is 0. The molecule has 1 aromatic carbocycles. The van der Waals surface area contributed by atoms with Crippen molar-refractivity contribution in [1.29, 1.82) is 0 Å². The number of nitrogens with two attached hydrogens (primary N) is 1. The van der Waals surface area contributed by atoms with Crippen molar-refractivity contribution in [2.45, 2.75) is 50.2 Å². The molecule has 2 atom stereocenters. The van der Waals surface area contributed by atoms with Gasteiger partial charge in [-0.1, -0.05) is 30.5 Å². The fourth-order valence-corrected chi connectivity index (χ4v) is 3.92. The molecule has 110 valence electrons. The van der Waals surface area contributed by atoms with Gasteiger partial charge in [-0.3, -0.25) is 0 Å². The molecule has 2 fully saturated rings. The summed E-state index contributed by atoms with van der Waals surface area (Å²) in [6.45, 7) is 0.744. The Bertz CT molecular complexity index is 487. The van der Waals surface area contributed by atoms with Gasteiger partial charge in [0.1, 0.15) is 5.82 Å². The number of hydrogen-bond donors (Lipinski definition) is 1. The number of hydrogen-bond acceptors (Lipinski definition) is 2. The molecule has 1 aliphatic heterocycles. The van der Waals surface area contributed by atoms with Crippen molar-refractivity contribution in [3.63, 3.8) is 0 Å². The zero-order valence-electron chi connectivity index (χ0n) is 11.6. The summed E-state index contributed by atoms with van der Waals surface area (Å²) in [6, 6.07) is 4.51. The molecule has 1 heterocycles. The third-order valence-electron chi connectivity index (χ3n) is 4.88. The second-order valence-corrected chi connectivity index (χ2v) is 6.62. The van der Waals surface area contributed by atoms with E-state index in [1.54, 1.807) is 12.1 Å². The Hall–Kier alpha value is -0.640. The number of benzene rings is 1. The van der Waals surface area contributed by atoms with Crippen LogP contribution in [0.4, 0.5) is 4.39 Å². The van der Waals surface area contributed by atoms with Crippen LogP contribution in [0.15, 0.2) is 18.2 Å². The van der Waals surface area contributed by atoms with Crippen molar-refractivity contribution in [1.82, 2.24) is 0 Å². The molecule has 2 unspecified atom stereocenters. The lowest BCUT2D eigenvalue weighted by Crippen LogP contribution is -2.40. The molecule has 0 bridgehead atoms. The van der Waals surface area contributed by atoms with Crippen molar-refractivity contribution in [3.8, 4) is 0 Å². The van der Waals surface area contributed by atoms with Crippen molar-refractivity contribution in [2.75, 3.05) is 6.61 Å². The van der Waals surface area contributed by atoms with Crippen LogP contribution < -0.4 is 5.73 Å². The van der Waals surface area contributed by atoms with E-state index in [0.29, 0.717) is 10.6 Å². The third kappa shape index (κ3) is 2.72. The van der Waals surface area contributed by atoms with Gasteiger partial charge in [-0.15, -0.1) is 0 Å². The molecule has 2 nitrogen and oxygen atoms in total. The van der Waals surface area contributed by atoms with Crippen molar-refractivity contribution < 1.29 is 9.13 Å². The standard InChI is InChI=1S/C16H21ClFNO/c17-12-3-4-13(14(18)9-12)15(19)11-5-8-20-16(10-11)6-1-2-7-16/h3-4,9,11,15H,1-2,5-8,10,19H2. The van der Waals surface area contributed by atoms with Crippen molar-refractivity contribution >= 4 is 11.6 Å². The summed E-state index contributed by atoms with van der Waals surface area (Å²) in [5, 5.41) is 0.415. The van der Waals surface area contributed by atoms with Crippen LogP contribution in [-0.2, 0) is 4.74 Å². The Morgan fingerprint density at radius 2 is 2.10 bits per heavy atom. The highest BCUT2D eigenvalue weighted by molar-refractivity contribution is 6.30. The van der Waals surface area contributed by atoms with Crippen LogP contribution in [0.5, 0.6) is 0 Å². The maximum atomic E-state index is 14.0. The first-order valence-corrected chi connectivity index (χ1v) is 7.82. The van der Waals surface area contributed by atoms with Crippen LogP contribution in [0, 0.1) is 11.7 Å². The Balaban J connectivity index is 1.77. The number of rotatable bonds is 2. The van der Waals surface area contributed by atoms with Gasteiger partial charge < -0.3 is 10.5 Å². The average Bonchev–Trinajstić information content (AvgIpc) is 2.86. The lowest BCUT2D eigenvalue weighted by atomic mass is 9.79. The monoisotopic (exact) mass is 297 g/mol. The van der Waals surface area contributed by atoms with Gasteiger partial charge in [0, 0.05) is 23.2 Å². The molecule has 1 saturated carbocycles. The van der Waals surface area contributed by atoms with E-state index in [1.807, 2.05) is 0 Å². The van der Waals surface area contributed by atoms with Crippen LogP contribution in [0.25, 0.3) is 0 Å². The van der Waals surface area contributed by atoms with Crippen LogP contribution in [0.1, 0.15) is 50.1 Å². The Kier molecular flexibility index (Phi) is 4.02. The summed E-state index contributed by atoms with van der Waals surface area (Å²) in [5.41, 5.74) is 6.93. The molecule has 2 N–H and O–H groups in total. The minimum Gasteiger partial charge on any atom is -0.375 e. The fourth-order valence-electron chi connectivity index (χ4n) is 3.77. The topological polar surface area (TPSA) is 35.2 Å². The van der Waals surface area contributed by atoms with Gasteiger partial charge >= 0.3 is 0 Å². The predicted octanol–water partition coefficient (Wildman–Crippen LogP) is 4.22. The minimum atomic E-state index is -0.294. The van der Waals surface area contributed by atoms with Gasteiger partial charge in [0.25, 0.3) is 0 Å². The largest absolute Gasteiger partial charge is 0.375 e. The van der Waals surface area contributed by atoms with E-state index >= 15 is 0 Å². The quantitative estimate of drug-likeness (QED) is 0.887. The average molecular weight is 298 g/mol. The highest BCUT2D eigenvalue weighted by Gasteiger charge is 2.41. The smallest absolute Gasteiger partial charge is 0.129 e. The normalized spacial score (nSPS) is 26.9. The Labute approximate surface area is 124 Å². The van der Waals surface area contributed by atoms with E-state index in [-0.39, 0.29) is 23.4 Å². The van der Waals surface area contributed by atoms with Crippen molar-refractivity contribution in [2.24, 2.45) is 11.7 Å². The zero-order valence-corrected chi connectivity index (χ0v) is 12.3. The van der Waals surface area contributed by atoms with Gasteiger partial charge in [-0.2, -0.15) is 0 Å². The summed E-state index contributed by atoms with van der Waals surface area (Å²) < 4.78 is 20.1. The number of ether oxygens (including phenoxy) is 1. The molecular weight excluding hydrogens is 277 g/mol. The highest BCUT2D eigenvalue weighted by atomic mass is 35.5. The second-order valence-electron chi connectivity index (χ2n) is 6.18. The SMILES string of the molecule is NC(c1ccc(Cl)cc1F)C1CCOC2(CCCC2)C1. The first kappa shape index (κ1) is 14.3. The molecule has 0 amide bonds. The molecule has 1 aromatic rings. The minimum absolute atomic E-state index is 0.0173. The van der Waals surface area contributed by atoms with Crippen LogP contribution in [-0.4, -0.2) is 12.2 Å². The maximum Gasteiger partial charge on any atom is 0.129 e. The van der Waals surface area contributed by atoms with E-state index < -0.39 is 0 Å². The molecule has 0 aromatic heterocycles. The highest BCUT2D eigenvalue weighted by Crippen LogP contribution is 2.45. The van der Waals surface area contributed by atoms with E-state index in [0.717, 1.165) is 32.3 Å². The summed E-state index contributed by atoms with van der Waals surface area (Å²) in [7, 11) is 0.